The molecule has 0 saturated heterocycles. The smallest absolute Gasteiger partial charge is 0.335 e. The Labute approximate surface area is 145 Å². The van der Waals surface area contributed by atoms with Gasteiger partial charge in [0.25, 0.3) is 5.91 Å². The molecule has 1 aromatic heterocycles. The predicted octanol–water partition coefficient (Wildman–Crippen LogP) is 3.22. The summed E-state index contributed by atoms with van der Waals surface area (Å²) < 4.78 is 10.9. The van der Waals surface area contributed by atoms with Crippen LogP contribution in [0.2, 0.25) is 0 Å². The number of aromatic carboxylic acids is 1. The number of nitrogens with one attached hydrogen (secondary N) is 1. The summed E-state index contributed by atoms with van der Waals surface area (Å²) in [7, 11) is 1.52. The number of pyridine rings is 1. The van der Waals surface area contributed by atoms with Gasteiger partial charge in [0.2, 0.25) is 0 Å². The van der Waals surface area contributed by atoms with Crippen molar-refractivity contribution in [2.24, 2.45) is 0 Å². The first kappa shape index (κ1) is 18.3. The van der Waals surface area contributed by atoms with Gasteiger partial charge in [-0.05, 0) is 30.7 Å². The van der Waals surface area contributed by atoms with E-state index in [0.29, 0.717) is 23.8 Å². The number of ether oxygens (including phenoxy) is 2. The number of carboxylic acid groups (broad SMARTS) is 1. The second-order valence-electron chi connectivity index (χ2n) is 5.25. The third-order valence-corrected chi connectivity index (χ3v) is 3.43. The normalized spacial score (nSPS) is 10.2. The van der Waals surface area contributed by atoms with Crippen LogP contribution >= 0.6 is 0 Å². The molecular weight excluding hydrogens is 324 g/mol. The largest absolute Gasteiger partial charge is 0.497 e. The zero-order valence-corrected chi connectivity index (χ0v) is 14.1. The van der Waals surface area contributed by atoms with E-state index in [-0.39, 0.29) is 11.3 Å². The van der Waals surface area contributed by atoms with Gasteiger partial charge >= 0.3 is 5.97 Å². The SMILES string of the molecule is CCCCOc1ccc(OC)cc1NC(=O)c1cc(C(=O)O)ccn1. The van der Waals surface area contributed by atoms with Gasteiger partial charge in [-0.1, -0.05) is 13.3 Å². The van der Waals surface area contributed by atoms with E-state index in [1.807, 2.05) is 0 Å². The van der Waals surface area contributed by atoms with Crippen molar-refractivity contribution in [3.05, 3.63) is 47.8 Å². The Bertz CT molecular complexity index is 761. The summed E-state index contributed by atoms with van der Waals surface area (Å²) in [6, 6.07) is 7.63. The Morgan fingerprint density at radius 2 is 2.04 bits per heavy atom. The molecule has 2 rings (SSSR count). The molecule has 0 aliphatic rings. The number of benzene rings is 1. The van der Waals surface area contributed by atoms with Gasteiger partial charge in [0.15, 0.2) is 0 Å². The molecule has 0 radical (unpaired) electrons. The fraction of sp³-hybridized carbons (Fsp3) is 0.278. The number of carboxylic acids is 1. The van der Waals surface area contributed by atoms with Crippen LogP contribution in [0.1, 0.15) is 40.6 Å². The lowest BCUT2D eigenvalue weighted by molar-refractivity contribution is 0.0696. The van der Waals surface area contributed by atoms with Crippen molar-refractivity contribution in [2.75, 3.05) is 19.0 Å². The highest BCUT2D eigenvalue weighted by Gasteiger charge is 2.14. The average molecular weight is 344 g/mol. The lowest BCUT2D eigenvalue weighted by Crippen LogP contribution is -2.15. The van der Waals surface area contributed by atoms with Crippen molar-refractivity contribution in [1.82, 2.24) is 4.98 Å². The minimum Gasteiger partial charge on any atom is -0.497 e. The third-order valence-electron chi connectivity index (χ3n) is 3.43. The van der Waals surface area contributed by atoms with Crippen molar-refractivity contribution in [3.63, 3.8) is 0 Å². The molecule has 0 bridgehead atoms. The van der Waals surface area contributed by atoms with E-state index in [0.717, 1.165) is 12.8 Å². The number of carbonyl (C=O) groups excluding carboxylic acids is 1. The first-order valence-electron chi connectivity index (χ1n) is 7.86. The third kappa shape index (κ3) is 4.94. The Kier molecular flexibility index (Phi) is 6.33. The molecule has 0 spiro atoms. The van der Waals surface area contributed by atoms with E-state index in [4.69, 9.17) is 14.6 Å². The van der Waals surface area contributed by atoms with E-state index in [2.05, 4.69) is 17.2 Å². The predicted molar refractivity (Wildman–Crippen MR) is 92.5 cm³/mol. The lowest BCUT2D eigenvalue weighted by atomic mass is 10.2. The maximum absolute atomic E-state index is 12.4. The summed E-state index contributed by atoms with van der Waals surface area (Å²) in [6.45, 7) is 2.58. The first-order valence-corrected chi connectivity index (χ1v) is 7.86. The number of hydrogen-bond acceptors (Lipinski definition) is 5. The standard InChI is InChI=1S/C18H20N2O5/c1-3-4-9-25-16-6-5-13(24-2)11-14(16)20-17(21)15-10-12(18(22)23)7-8-19-15/h5-8,10-11H,3-4,9H2,1-2H3,(H,20,21)(H,22,23). The number of nitrogens with zero attached hydrogens (tertiary/aromatic N) is 1. The highest BCUT2D eigenvalue weighted by Crippen LogP contribution is 2.29. The van der Waals surface area contributed by atoms with Crippen LogP contribution in [0.15, 0.2) is 36.5 Å². The van der Waals surface area contributed by atoms with Crippen LogP contribution in [0.3, 0.4) is 0 Å². The molecule has 0 fully saturated rings. The molecule has 1 amide bonds. The van der Waals surface area contributed by atoms with Crippen LogP contribution in [-0.2, 0) is 0 Å². The highest BCUT2D eigenvalue weighted by molar-refractivity contribution is 6.05. The molecule has 0 saturated carbocycles. The van der Waals surface area contributed by atoms with Gasteiger partial charge in [0.05, 0.1) is 25.0 Å². The molecule has 0 unspecified atom stereocenters. The summed E-state index contributed by atoms with van der Waals surface area (Å²) in [5.41, 5.74) is 0.426. The number of amides is 1. The van der Waals surface area contributed by atoms with Gasteiger partial charge < -0.3 is 19.9 Å². The minimum atomic E-state index is -1.12. The lowest BCUT2D eigenvalue weighted by Gasteiger charge is -2.13. The van der Waals surface area contributed by atoms with Crippen molar-refractivity contribution in [2.45, 2.75) is 19.8 Å². The topological polar surface area (TPSA) is 97.8 Å². The molecule has 1 aromatic carbocycles. The Morgan fingerprint density at radius 1 is 1.24 bits per heavy atom. The molecule has 0 aliphatic carbocycles. The molecule has 25 heavy (non-hydrogen) atoms. The molecule has 0 atom stereocenters. The Hall–Kier alpha value is -3.09. The quantitative estimate of drug-likeness (QED) is 0.714. The molecular formula is C18H20N2O5. The second-order valence-corrected chi connectivity index (χ2v) is 5.25. The van der Waals surface area contributed by atoms with Crippen LogP contribution in [0, 0.1) is 0 Å². The summed E-state index contributed by atoms with van der Waals surface area (Å²) in [4.78, 5) is 27.3. The maximum atomic E-state index is 12.4. The van der Waals surface area contributed by atoms with Crippen molar-refractivity contribution in [3.8, 4) is 11.5 Å². The van der Waals surface area contributed by atoms with Gasteiger partial charge in [-0.25, -0.2) is 4.79 Å². The van der Waals surface area contributed by atoms with E-state index in [1.165, 1.54) is 25.4 Å². The zero-order valence-electron chi connectivity index (χ0n) is 14.1. The number of hydrogen-bond donors (Lipinski definition) is 2. The van der Waals surface area contributed by atoms with Crippen molar-refractivity contribution in [1.29, 1.82) is 0 Å². The van der Waals surface area contributed by atoms with Crippen LogP contribution in [0.5, 0.6) is 11.5 Å². The fourth-order valence-corrected chi connectivity index (χ4v) is 2.06. The van der Waals surface area contributed by atoms with Crippen molar-refractivity contribution < 1.29 is 24.2 Å². The number of carbonyl (C=O) groups is 2. The number of rotatable bonds is 8. The van der Waals surface area contributed by atoms with Gasteiger partial charge in [0, 0.05) is 12.3 Å². The Morgan fingerprint density at radius 3 is 2.72 bits per heavy atom. The Balaban J connectivity index is 2.23. The molecule has 7 nitrogen and oxygen atoms in total. The summed E-state index contributed by atoms with van der Waals surface area (Å²) in [5.74, 6) is -0.583. The van der Waals surface area contributed by atoms with Gasteiger partial charge in [0.1, 0.15) is 17.2 Å². The maximum Gasteiger partial charge on any atom is 0.335 e. The molecule has 7 heteroatoms. The monoisotopic (exact) mass is 344 g/mol. The number of aromatic nitrogens is 1. The van der Waals surface area contributed by atoms with Crippen molar-refractivity contribution >= 4 is 17.6 Å². The summed E-state index contributed by atoms with van der Waals surface area (Å²) in [5, 5.41) is 11.7. The average Bonchev–Trinajstić information content (AvgIpc) is 2.63. The molecule has 0 aliphatic heterocycles. The van der Waals surface area contributed by atoms with Crippen LogP contribution < -0.4 is 14.8 Å². The van der Waals surface area contributed by atoms with Crippen LogP contribution in [0.4, 0.5) is 5.69 Å². The van der Waals surface area contributed by atoms with Crippen LogP contribution in [0.25, 0.3) is 0 Å². The van der Waals surface area contributed by atoms with E-state index < -0.39 is 11.9 Å². The van der Waals surface area contributed by atoms with E-state index >= 15 is 0 Å². The zero-order chi connectivity index (χ0) is 18.2. The van der Waals surface area contributed by atoms with E-state index in [1.54, 1.807) is 18.2 Å². The summed E-state index contributed by atoms with van der Waals surface area (Å²) in [6.07, 6.45) is 3.16. The molecule has 2 N–H and O–H groups in total. The fourth-order valence-electron chi connectivity index (χ4n) is 2.06. The number of anilines is 1. The summed E-state index contributed by atoms with van der Waals surface area (Å²) >= 11 is 0. The van der Waals surface area contributed by atoms with Gasteiger partial charge in [-0.3, -0.25) is 9.78 Å². The minimum absolute atomic E-state index is 0.00206. The molecule has 1 heterocycles. The highest BCUT2D eigenvalue weighted by atomic mass is 16.5. The number of unbranched alkanes of at least 4 members (excludes halogenated alkanes) is 1. The second kappa shape index (κ2) is 8.68. The van der Waals surface area contributed by atoms with Gasteiger partial charge in [-0.15, -0.1) is 0 Å². The van der Waals surface area contributed by atoms with Gasteiger partial charge in [-0.2, -0.15) is 0 Å². The first-order chi connectivity index (χ1) is 12.0. The molecule has 2 aromatic rings. The molecule has 132 valence electrons. The number of methoxy groups -OCH3 is 1. The van der Waals surface area contributed by atoms with E-state index in [9.17, 15) is 9.59 Å². The van der Waals surface area contributed by atoms with Crippen LogP contribution in [-0.4, -0.2) is 35.7 Å².